The van der Waals surface area contributed by atoms with Crippen molar-refractivity contribution in [2.75, 3.05) is 26.7 Å². The third-order valence-electron chi connectivity index (χ3n) is 6.37. The Morgan fingerprint density at radius 2 is 1.96 bits per heavy atom. The Balaban J connectivity index is 1.43. The predicted octanol–water partition coefficient (Wildman–Crippen LogP) is 2.68. The fourth-order valence-electron chi connectivity index (χ4n) is 4.97. The van der Waals surface area contributed by atoms with Crippen LogP contribution in [0.3, 0.4) is 0 Å². The molecule has 24 heavy (non-hydrogen) atoms. The lowest BCUT2D eigenvalue weighted by atomic mass is 10.00. The first-order valence-corrected chi connectivity index (χ1v) is 9.34. The van der Waals surface area contributed by atoms with E-state index in [-0.39, 0.29) is 5.91 Å². The summed E-state index contributed by atoms with van der Waals surface area (Å²) in [5.74, 6) is 0.879. The van der Waals surface area contributed by atoms with Gasteiger partial charge >= 0.3 is 0 Å². The molecule has 1 amide bonds. The fraction of sp³-hybridized carbons (Fsp3) is 0.650. The van der Waals surface area contributed by atoms with Gasteiger partial charge in [-0.05, 0) is 50.1 Å². The minimum Gasteiger partial charge on any atom is -0.368 e. The Hall–Kier alpha value is -1.39. The smallest absolute Gasteiger partial charge is 0.254 e. The number of benzene rings is 1. The first-order chi connectivity index (χ1) is 11.7. The van der Waals surface area contributed by atoms with Crippen LogP contribution in [-0.2, 0) is 16.1 Å². The Morgan fingerprint density at radius 3 is 2.67 bits per heavy atom. The molecule has 0 unspecified atom stereocenters. The standard InChI is InChI=1S/C20H28N2O2/c1-24-20(10-5-6-11-20)19(23)22-14-17-9-12-21(18(17)15-22)13-16-7-3-2-4-8-16/h2-4,7-8,17-18H,5-6,9-15H2,1H3/t17-,18+/m0/s1. The van der Waals surface area contributed by atoms with Crippen LogP contribution in [0.1, 0.15) is 37.7 Å². The number of fused-ring (bicyclic) bond motifs is 1. The summed E-state index contributed by atoms with van der Waals surface area (Å²) in [6, 6.07) is 11.2. The van der Waals surface area contributed by atoms with Crippen LogP contribution in [0.5, 0.6) is 0 Å². The number of likely N-dealkylation sites (tertiary alicyclic amines) is 2. The highest BCUT2D eigenvalue weighted by Crippen LogP contribution is 2.38. The topological polar surface area (TPSA) is 32.8 Å². The lowest BCUT2D eigenvalue weighted by molar-refractivity contribution is -0.153. The van der Waals surface area contributed by atoms with E-state index >= 15 is 0 Å². The quantitative estimate of drug-likeness (QED) is 0.852. The molecule has 0 spiro atoms. The number of carbonyl (C=O) groups excluding carboxylic acids is 1. The normalized spacial score (nSPS) is 29.1. The summed E-state index contributed by atoms with van der Waals surface area (Å²) in [6.45, 7) is 3.95. The molecule has 3 aliphatic rings. The van der Waals surface area contributed by atoms with Crippen molar-refractivity contribution in [3.8, 4) is 0 Å². The molecule has 4 rings (SSSR count). The van der Waals surface area contributed by atoms with E-state index in [9.17, 15) is 4.79 Å². The molecule has 2 saturated heterocycles. The molecule has 4 nitrogen and oxygen atoms in total. The van der Waals surface area contributed by atoms with Gasteiger partial charge < -0.3 is 9.64 Å². The highest BCUT2D eigenvalue weighted by atomic mass is 16.5. The molecular formula is C20H28N2O2. The van der Waals surface area contributed by atoms with Crippen LogP contribution < -0.4 is 0 Å². The maximum atomic E-state index is 13.1. The summed E-state index contributed by atoms with van der Waals surface area (Å²) in [5.41, 5.74) is 0.843. The molecule has 2 atom stereocenters. The van der Waals surface area contributed by atoms with Crippen molar-refractivity contribution in [1.82, 2.24) is 9.80 Å². The lowest BCUT2D eigenvalue weighted by Gasteiger charge is -2.32. The molecule has 2 aliphatic heterocycles. The maximum absolute atomic E-state index is 13.1. The van der Waals surface area contributed by atoms with Gasteiger partial charge in [0.1, 0.15) is 5.60 Å². The molecule has 0 aromatic heterocycles. The molecule has 0 N–H and O–H groups in total. The maximum Gasteiger partial charge on any atom is 0.254 e. The van der Waals surface area contributed by atoms with E-state index < -0.39 is 5.60 Å². The van der Waals surface area contributed by atoms with Crippen molar-refractivity contribution in [3.63, 3.8) is 0 Å². The van der Waals surface area contributed by atoms with Crippen LogP contribution in [-0.4, -0.2) is 54.1 Å². The van der Waals surface area contributed by atoms with E-state index in [1.807, 2.05) is 0 Å². The number of methoxy groups -OCH3 is 1. The van der Waals surface area contributed by atoms with Crippen LogP contribution in [0.15, 0.2) is 30.3 Å². The summed E-state index contributed by atoms with van der Waals surface area (Å²) >= 11 is 0. The minimum absolute atomic E-state index is 0.247. The molecule has 0 radical (unpaired) electrons. The number of nitrogens with zero attached hydrogens (tertiary/aromatic N) is 2. The second-order valence-corrected chi connectivity index (χ2v) is 7.69. The van der Waals surface area contributed by atoms with E-state index in [0.29, 0.717) is 12.0 Å². The SMILES string of the molecule is COC1(C(=O)N2C[C@@H]3CCN(Cc4ccccc4)[C@@H]3C2)CCCC1. The molecule has 4 heteroatoms. The van der Waals surface area contributed by atoms with Gasteiger partial charge in [-0.1, -0.05) is 30.3 Å². The van der Waals surface area contributed by atoms with Crippen LogP contribution in [0, 0.1) is 5.92 Å². The van der Waals surface area contributed by atoms with Gasteiger partial charge in [0, 0.05) is 32.8 Å². The Kier molecular flexibility index (Phi) is 4.35. The number of carbonyl (C=O) groups is 1. The van der Waals surface area contributed by atoms with Gasteiger partial charge in [0.15, 0.2) is 0 Å². The van der Waals surface area contributed by atoms with Gasteiger partial charge in [0.2, 0.25) is 0 Å². The summed E-state index contributed by atoms with van der Waals surface area (Å²) in [7, 11) is 1.71. The summed E-state index contributed by atoms with van der Waals surface area (Å²) < 4.78 is 5.71. The molecule has 130 valence electrons. The first kappa shape index (κ1) is 16.1. The van der Waals surface area contributed by atoms with E-state index in [2.05, 4.69) is 40.1 Å². The fourth-order valence-corrected chi connectivity index (χ4v) is 4.97. The van der Waals surface area contributed by atoms with Crippen molar-refractivity contribution < 1.29 is 9.53 Å². The number of hydrogen-bond acceptors (Lipinski definition) is 3. The molecule has 1 aromatic carbocycles. The van der Waals surface area contributed by atoms with Crippen LogP contribution in [0.2, 0.25) is 0 Å². The highest BCUT2D eigenvalue weighted by Gasteiger charge is 2.49. The predicted molar refractivity (Wildman–Crippen MR) is 93.5 cm³/mol. The monoisotopic (exact) mass is 328 g/mol. The van der Waals surface area contributed by atoms with Crippen LogP contribution in [0.25, 0.3) is 0 Å². The lowest BCUT2D eigenvalue weighted by Crippen LogP contribution is -2.49. The van der Waals surface area contributed by atoms with Crippen molar-refractivity contribution >= 4 is 5.91 Å². The van der Waals surface area contributed by atoms with E-state index in [1.165, 1.54) is 12.0 Å². The second kappa shape index (κ2) is 6.49. The summed E-state index contributed by atoms with van der Waals surface area (Å²) in [4.78, 5) is 17.7. The third-order valence-corrected chi connectivity index (χ3v) is 6.37. The minimum atomic E-state index is -0.525. The van der Waals surface area contributed by atoms with Gasteiger partial charge in [-0.15, -0.1) is 0 Å². The van der Waals surface area contributed by atoms with Gasteiger partial charge in [-0.25, -0.2) is 0 Å². The van der Waals surface area contributed by atoms with Gasteiger partial charge in [-0.2, -0.15) is 0 Å². The highest BCUT2D eigenvalue weighted by molar-refractivity contribution is 5.86. The van der Waals surface area contributed by atoms with E-state index in [1.54, 1.807) is 7.11 Å². The van der Waals surface area contributed by atoms with E-state index in [0.717, 1.165) is 51.9 Å². The first-order valence-electron chi connectivity index (χ1n) is 9.34. The van der Waals surface area contributed by atoms with Crippen molar-refractivity contribution in [2.45, 2.75) is 50.3 Å². The molecule has 1 aromatic rings. The zero-order chi connectivity index (χ0) is 16.6. The molecular weight excluding hydrogens is 300 g/mol. The number of amides is 1. The number of hydrogen-bond donors (Lipinski definition) is 0. The Labute approximate surface area is 144 Å². The van der Waals surface area contributed by atoms with Gasteiger partial charge in [0.05, 0.1) is 0 Å². The van der Waals surface area contributed by atoms with Gasteiger partial charge in [0.25, 0.3) is 5.91 Å². The molecule has 3 fully saturated rings. The van der Waals surface area contributed by atoms with Crippen molar-refractivity contribution in [1.29, 1.82) is 0 Å². The largest absolute Gasteiger partial charge is 0.368 e. The summed E-state index contributed by atoms with van der Waals surface area (Å²) in [6.07, 6.45) is 5.21. The molecule has 1 saturated carbocycles. The average Bonchev–Trinajstić information content (AvgIpc) is 3.32. The Bertz CT molecular complexity index is 583. The zero-order valence-corrected chi connectivity index (χ0v) is 14.6. The average molecular weight is 328 g/mol. The summed E-state index contributed by atoms with van der Waals surface area (Å²) in [5, 5.41) is 0. The second-order valence-electron chi connectivity index (χ2n) is 7.69. The van der Waals surface area contributed by atoms with Crippen molar-refractivity contribution in [2.24, 2.45) is 5.92 Å². The number of rotatable bonds is 4. The van der Waals surface area contributed by atoms with Gasteiger partial charge in [-0.3, -0.25) is 9.69 Å². The molecule has 1 aliphatic carbocycles. The number of ether oxygens (including phenoxy) is 1. The molecule has 2 heterocycles. The zero-order valence-electron chi connectivity index (χ0n) is 14.6. The van der Waals surface area contributed by atoms with Crippen LogP contribution >= 0.6 is 0 Å². The van der Waals surface area contributed by atoms with E-state index in [4.69, 9.17) is 4.74 Å². The van der Waals surface area contributed by atoms with Crippen molar-refractivity contribution in [3.05, 3.63) is 35.9 Å². The third kappa shape index (κ3) is 2.76. The Morgan fingerprint density at radius 1 is 1.21 bits per heavy atom. The van der Waals surface area contributed by atoms with Crippen LogP contribution in [0.4, 0.5) is 0 Å². The molecule has 0 bridgehead atoms.